The number of nitrogens with zero attached hydrogens (tertiary/aromatic N) is 1. The summed E-state index contributed by atoms with van der Waals surface area (Å²) < 4.78 is 0. The van der Waals surface area contributed by atoms with Crippen LogP contribution < -0.4 is 5.32 Å². The smallest absolute Gasteiger partial charge is 0.242 e. The maximum absolute atomic E-state index is 12.3. The molecule has 5 nitrogen and oxygen atoms in total. The van der Waals surface area contributed by atoms with E-state index in [1.807, 2.05) is 13.8 Å². The molecule has 2 atom stereocenters. The van der Waals surface area contributed by atoms with Gasteiger partial charge >= 0.3 is 0 Å². The first-order valence-corrected chi connectivity index (χ1v) is 9.58. The number of nitrogens with one attached hydrogen (secondary N) is 1. The fraction of sp³-hybridized carbons (Fsp3) is 0.824. The number of carbonyl (C=O) groups is 3. The zero-order valence-electron chi connectivity index (χ0n) is 14.8. The highest BCUT2D eigenvalue weighted by Crippen LogP contribution is 2.29. The summed E-state index contributed by atoms with van der Waals surface area (Å²) >= 11 is 1.61. The Labute approximate surface area is 143 Å². The van der Waals surface area contributed by atoms with Gasteiger partial charge in [-0.2, -0.15) is 0 Å². The standard InChI is InChI=1S/C17H30N2O3S/c1-5-13(4)23-14-11-16(21)19(17(14)22)10-8-6-7-9-15(20)18-12(2)3/h12-14H,5-11H2,1-4H3,(H,18,20). The number of likely N-dealkylation sites (tertiary alicyclic amines) is 1. The van der Waals surface area contributed by atoms with Crippen molar-refractivity contribution < 1.29 is 14.4 Å². The second-order valence-corrected chi connectivity index (χ2v) is 8.11. The molecule has 132 valence electrons. The van der Waals surface area contributed by atoms with Gasteiger partial charge in [0.2, 0.25) is 17.7 Å². The quantitative estimate of drug-likeness (QED) is 0.490. The van der Waals surface area contributed by atoms with Crippen LogP contribution in [0.5, 0.6) is 0 Å². The summed E-state index contributed by atoms with van der Waals surface area (Å²) in [5.41, 5.74) is 0. The summed E-state index contributed by atoms with van der Waals surface area (Å²) in [7, 11) is 0. The fourth-order valence-electron chi connectivity index (χ4n) is 2.50. The van der Waals surface area contributed by atoms with E-state index in [1.165, 1.54) is 4.90 Å². The molecule has 3 amide bonds. The molecule has 1 aliphatic heterocycles. The van der Waals surface area contributed by atoms with Crippen LogP contribution in [-0.4, -0.2) is 45.7 Å². The molecular weight excluding hydrogens is 312 g/mol. The molecule has 0 aromatic heterocycles. The average Bonchev–Trinajstić information content (AvgIpc) is 2.73. The Hall–Kier alpha value is -1.04. The maximum atomic E-state index is 12.3. The van der Waals surface area contributed by atoms with Crippen LogP contribution in [0.1, 0.15) is 66.2 Å². The van der Waals surface area contributed by atoms with Gasteiger partial charge in [0.05, 0.1) is 5.25 Å². The SMILES string of the molecule is CCC(C)SC1CC(=O)N(CCCCCC(=O)NC(C)C)C1=O. The summed E-state index contributed by atoms with van der Waals surface area (Å²) in [5.74, 6) is -0.00968. The van der Waals surface area contributed by atoms with Crippen molar-refractivity contribution >= 4 is 29.5 Å². The van der Waals surface area contributed by atoms with Gasteiger partial charge < -0.3 is 5.32 Å². The number of carbonyl (C=O) groups excluding carboxylic acids is 3. The van der Waals surface area contributed by atoms with E-state index in [1.54, 1.807) is 11.8 Å². The van der Waals surface area contributed by atoms with E-state index < -0.39 is 0 Å². The molecule has 0 aromatic rings. The highest BCUT2D eigenvalue weighted by atomic mass is 32.2. The van der Waals surface area contributed by atoms with Crippen molar-refractivity contribution in [3.05, 3.63) is 0 Å². The molecular formula is C17H30N2O3S. The van der Waals surface area contributed by atoms with Gasteiger partial charge in [-0.3, -0.25) is 19.3 Å². The van der Waals surface area contributed by atoms with Crippen LogP contribution in [0.3, 0.4) is 0 Å². The van der Waals surface area contributed by atoms with E-state index in [0.717, 1.165) is 25.7 Å². The van der Waals surface area contributed by atoms with Crippen molar-refractivity contribution in [1.29, 1.82) is 0 Å². The van der Waals surface area contributed by atoms with Crippen LogP contribution in [0.4, 0.5) is 0 Å². The first kappa shape index (κ1) is 20.0. The number of imide groups is 1. The second-order valence-electron chi connectivity index (χ2n) is 6.46. The minimum atomic E-state index is -0.200. The molecule has 0 aliphatic carbocycles. The lowest BCUT2D eigenvalue weighted by Gasteiger charge is -2.16. The number of hydrogen-bond acceptors (Lipinski definition) is 4. The zero-order chi connectivity index (χ0) is 17.4. The normalized spacial score (nSPS) is 19.5. The number of unbranched alkanes of at least 4 members (excludes halogenated alkanes) is 2. The van der Waals surface area contributed by atoms with Crippen LogP contribution >= 0.6 is 11.8 Å². The summed E-state index contributed by atoms with van der Waals surface area (Å²) in [6.07, 6.45) is 4.26. The molecule has 1 N–H and O–H groups in total. The lowest BCUT2D eigenvalue weighted by atomic mass is 10.1. The molecule has 0 spiro atoms. The van der Waals surface area contributed by atoms with Gasteiger partial charge in [-0.15, -0.1) is 11.8 Å². The third-order valence-corrected chi connectivity index (χ3v) is 5.40. The van der Waals surface area contributed by atoms with Crippen LogP contribution in [-0.2, 0) is 14.4 Å². The zero-order valence-corrected chi connectivity index (χ0v) is 15.6. The Morgan fingerprint density at radius 1 is 1.26 bits per heavy atom. The predicted molar refractivity (Wildman–Crippen MR) is 94.2 cm³/mol. The van der Waals surface area contributed by atoms with Crippen molar-refractivity contribution in [1.82, 2.24) is 10.2 Å². The molecule has 1 saturated heterocycles. The van der Waals surface area contributed by atoms with Crippen molar-refractivity contribution in [3.63, 3.8) is 0 Å². The van der Waals surface area contributed by atoms with Gasteiger partial charge in [0, 0.05) is 30.7 Å². The molecule has 0 bridgehead atoms. The summed E-state index contributed by atoms with van der Waals surface area (Å²) in [6, 6.07) is 0.169. The Morgan fingerprint density at radius 3 is 2.57 bits per heavy atom. The minimum absolute atomic E-state index is 0.0298. The summed E-state index contributed by atoms with van der Waals surface area (Å²) in [5, 5.41) is 3.06. The molecule has 1 aliphatic rings. The molecule has 0 radical (unpaired) electrons. The topological polar surface area (TPSA) is 66.5 Å². The lowest BCUT2D eigenvalue weighted by Crippen LogP contribution is -2.32. The Bertz CT molecular complexity index is 426. The molecule has 1 rings (SSSR count). The highest BCUT2D eigenvalue weighted by molar-refractivity contribution is 8.01. The van der Waals surface area contributed by atoms with Gasteiger partial charge in [-0.25, -0.2) is 0 Å². The van der Waals surface area contributed by atoms with E-state index in [2.05, 4.69) is 19.2 Å². The first-order valence-electron chi connectivity index (χ1n) is 8.64. The average molecular weight is 343 g/mol. The number of thioether (sulfide) groups is 1. The molecule has 6 heteroatoms. The third kappa shape index (κ3) is 6.94. The summed E-state index contributed by atoms with van der Waals surface area (Å²) in [4.78, 5) is 37.2. The van der Waals surface area contributed by atoms with E-state index in [-0.39, 0.29) is 29.0 Å². The lowest BCUT2D eigenvalue weighted by molar-refractivity contribution is -0.138. The van der Waals surface area contributed by atoms with Gasteiger partial charge in [0.1, 0.15) is 0 Å². The number of amides is 3. The van der Waals surface area contributed by atoms with Gasteiger partial charge in [0.25, 0.3) is 0 Å². The molecule has 1 fully saturated rings. The van der Waals surface area contributed by atoms with Gasteiger partial charge in [-0.1, -0.05) is 20.3 Å². The minimum Gasteiger partial charge on any atom is -0.354 e. The van der Waals surface area contributed by atoms with E-state index in [9.17, 15) is 14.4 Å². The van der Waals surface area contributed by atoms with Gasteiger partial charge in [0.15, 0.2) is 0 Å². The fourth-order valence-corrected chi connectivity index (χ4v) is 3.73. The number of rotatable bonds is 10. The molecule has 23 heavy (non-hydrogen) atoms. The van der Waals surface area contributed by atoms with E-state index in [4.69, 9.17) is 0 Å². The van der Waals surface area contributed by atoms with Crippen molar-refractivity contribution in [2.45, 2.75) is 82.8 Å². The largest absolute Gasteiger partial charge is 0.354 e. The Morgan fingerprint density at radius 2 is 1.96 bits per heavy atom. The summed E-state index contributed by atoms with van der Waals surface area (Å²) in [6.45, 7) is 8.55. The van der Waals surface area contributed by atoms with Crippen LogP contribution in [0.15, 0.2) is 0 Å². The van der Waals surface area contributed by atoms with E-state index in [0.29, 0.717) is 24.6 Å². The van der Waals surface area contributed by atoms with Crippen LogP contribution in [0, 0.1) is 0 Å². The van der Waals surface area contributed by atoms with Crippen molar-refractivity contribution in [2.24, 2.45) is 0 Å². The predicted octanol–water partition coefficient (Wildman–Crippen LogP) is 2.73. The van der Waals surface area contributed by atoms with Gasteiger partial charge in [-0.05, 0) is 33.1 Å². The monoisotopic (exact) mass is 342 g/mol. The third-order valence-electron chi connectivity index (χ3n) is 3.91. The molecule has 0 saturated carbocycles. The molecule has 2 unspecified atom stereocenters. The number of hydrogen-bond donors (Lipinski definition) is 1. The maximum Gasteiger partial charge on any atom is 0.242 e. The molecule has 0 aromatic carbocycles. The Kier molecular flexibility index (Phi) is 8.66. The van der Waals surface area contributed by atoms with Crippen LogP contribution in [0.25, 0.3) is 0 Å². The first-order chi connectivity index (χ1) is 10.8. The van der Waals surface area contributed by atoms with Crippen molar-refractivity contribution in [2.75, 3.05) is 6.54 Å². The van der Waals surface area contributed by atoms with Crippen molar-refractivity contribution in [3.8, 4) is 0 Å². The molecule has 1 heterocycles. The Balaban J connectivity index is 2.25. The second kappa shape index (κ2) is 9.96. The van der Waals surface area contributed by atoms with Crippen LogP contribution in [0.2, 0.25) is 0 Å². The highest BCUT2D eigenvalue weighted by Gasteiger charge is 2.38. The van der Waals surface area contributed by atoms with E-state index >= 15 is 0 Å².